The van der Waals surface area contributed by atoms with Crippen molar-refractivity contribution in [1.29, 1.82) is 0 Å². The van der Waals surface area contributed by atoms with Crippen molar-refractivity contribution in [2.75, 3.05) is 6.54 Å². The molecule has 1 unspecified atom stereocenters. The maximum absolute atomic E-state index is 13.4. The first kappa shape index (κ1) is 12.3. The van der Waals surface area contributed by atoms with Crippen LogP contribution in [0, 0.1) is 11.7 Å². The number of carbonyl (C=O) groups is 1. The largest absolute Gasteiger partial charge is 0.330 e. The number of nitrogens with two attached hydrogens (primary N) is 1. The Morgan fingerprint density at radius 1 is 1.60 bits per heavy atom. The quantitative estimate of drug-likeness (QED) is 0.858. The van der Waals surface area contributed by atoms with Crippen LogP contribution in [0.5, 0.6) is 0 Å². The molecule has 0 heterocycles. The smallest absolute Gasteiger partial charge is 0.170 e. The van der Waals surface area contributed by atoms with Gasteiger partial charge in [-0.1, -0.05) is 22.9 Å². The van der Waals surface area contributed by atoms with E-state index in [1.807, 2.05) is 6.92 Å². The molecule has 0 radical (unpaired) electrons. The third kappa shape index (κ3) is 2.86. The molecule has 2 nitrogen and oxygen atoms in total. The van der Waals surface area contributed by atoms with Crippen LogP contribution in [0.1, 0.15) is 23.7 Å². The lowest BCUT2D eigenvalue weighted by molar-refractivity contribution is 0.0917. The summed E-state index contributed by atoms with van der Waals surface area (Å²) in [5.41, 5.74) is 5.57. The number of halogens is 2. The van der Waals surface area contributed by atoms with E-state index in [0.29, 0.717) is 10.9 Å². The highest BCUT2D eigenvalue weighted by molar-refractivity contribution is 9.10. The van der Waals surface area contributed by atoms with Gasteiger partial charge >= 0.3 is 0 Å². The molecule has 1 atom stereocenters. The fourth-order valence-electron chi connectivity index (χ4n) is 1.37. The van der Waals surface area contributed by atoms with Crippen molar-refractivity contribution in [3.05, 3.63) is 34.1 Å². The Kier molecular flexibility index (Phi) is 4.42. The normalized spacial score (nSPS) is 12.5. The van der Waals surface area contributed by atoms with Gasteiger partial charge in [-0.25, -0.2) is 4.39 Å². The Morgan fingerprint density at radius 3 is 2.80 bits per heavy atom. The minimum absolute atomic E-state index is 0.113. The molecule has 1 aromatic carbocycles. The van der Waals surface area contributed by atoms with Crippen LogP contribution in [0.3, 0.4) is 0 Å². The van der Waals surface area contributed by atoms with Gasteiger partial charge in [0, 0.05) is 16.9 Å². The molecule has 4 heteroatoms. The topological polar surface area (TPSA) is 43.1 Å². The van der Waals surface area contributed by atoms with Gasteiger partial charge in [-0.05, 0) is 24.6 Å². The second-order valence-corrected chi connectivity index (χ2v) is 4.24. The first-order chi connectivity index (χ1) is 7.10. The molecule has 0 amide bonds. The van der Waals surface area contributed by atoms with Crippen LogP contribution in [0.25, 0.3) is 0 Å². The lowest BCUT2D eigenvalue weighted by Gasteiger charge is -2.11. The van der Waals surface area contributed by atoms with Gasteiger partial charge in [0.2, 0.25) is 0 Å². The van der Waals surface area contributed by atoms with Gasteiger partial charge in [-0.3, -0.25) is 4.79 Å². The Bertz CT molecular complexity index is 364. The molecule has 0 bridgehead atoms. The summed E-state index contributed by atoms with van der Waals surface area (Å²) in [5.74, 6) is -1.01. The molecule has 2 N–H and O–H groups in total. The van der Waals surface area contributed by atoms with Crippen LogP contribution < -0.4 is 5.73 Å². The molecule has 15 heavy (non-hydrogen) atoms. The Hall–Kier alpha value is -0.740. The van der Waals surface area contributed by atoms with E-state index < -0.39 is 5.82 Å². The molecular weight excluding hydrogens is 261 g/mol. The summed E-state index contributed by atoms with van der Waals surface area (Å²) < 4.78 is 14.1. The predicted molar refractivity (Wildman–Crippen MR) is 61.3 cm³/mol. The summed E-state index contributed by atoms with van der Waals surface area (Å²) in [5, 5.41) is 0. The average molecular weight is 274 g/mol. The summed E-state index contributed by atoms with van der Waals surface area (Å²) in [6.07, 6.45) is 0.626. The van der Waals surface area contributed by atoms with Crippen molar-refractivity contribution in [3.8, 4) is 0 Å². The molecule has 0 saturated heterocycles. The second-order valence-electron chi connectivity index (χ2n) is 3.33. The lowest BCUT2D eigenvalue weighted by Crippen LogP contribution is -2.23. The second kappa shape index (κ2) is 5.37. The highest BCUT2D eigenvalue weighted by Gasteiger charge is 2.19. The minimum atomic E-state index is -0.491. The third-order valence-corrected chi connectivity index (χ3v) is 2.84. The van der Waals surface area contributed by atoms with Gasteiger partial charge in [0.15, 0.2) is 5.78 Å². The van der Waals surface area contributed by atoms with Gasteiger partial charge in [-0.2, -0.15) is 0 Å². The summed E-state index contributed by atoms with van der Waals surface area (Å²) in [6, 6.07) is 4.34. The number of carbonyl (C=O) groups excluding carboxylic acids is 1. The summed E-state index contributed by atoms with van der Waals surface area (Å²) in [6.45, 7) is 2.12. The molecule has 1 rings (SSSR count). The molecule has 0 fully saturated rings. The number of rotatable bonds is 4. The molecule has 1 aromatic rings. The fraction of sp³-hybridized carbons (Fsp3) is 0.364. The molecule has 0 aliphatic heterocycles. The number of ketones is 1. The van der Waals surface area contributed by atoms with E-state index in [2.05, 4.69) is 15.9 Å². The van der Waals surface area contributed by atoms with E-state index in [4.69, 9.17) is 5.73 Å². The van der Waals surface area contributed by atoms with Crippen LogP contribution in [-0.4, -0.2) is 12.3 Å². The molecular formula is C11H13BrFNO. The molecule has 0 aliphatic carbocycles. The maximum atomic E-state index is 13.4. The van der Waals surface area contributed by atoms with Crippen molar-refractivity contribution in [3.63, 3.8) is 0 Å². The zero-order valence-electron chi connectivity index (χ0n) is 8.47. The molecule has 0 aliphatic rings. The first-order valence-corrected chi connectivity index (χ1v) is 5.58. The van der Waals surface area contributed by atoms with Crippen molar-refractivity contribution >= 4 is 21.7 Å². The first-order valence-electron chi connectivity index (χ1n) is 4.79. The van der Waals surface area contributed by atoms with E-state index in [1.165, 1.54) is 12.1 Å². The predicted octanol–water partition coefficient (Wildman–Crippen LogP) is 2.76. The van der Waals surface area contributed by atoms with Crippen molar-refractivity contribution in [2.24, 2.45) is 11.7 Å². The van der Waals surface area contributed by atoms with Crippen LogP contribution >= 0.6 is 15.9 Å². The summed E-state index contributed by atoms with van der Waals surface area (Å²) in [7, 11) is 0. The Morgan fingerprint density at radius 2 is 2.27 bits per heavy atom. The minimum Gasteiger partial charge on any atom is -0.330 e. The fourth-order valence-corrected chi connectivity index (χ4v) is 1.73. The van der Waals surface area contributed by atoms with Crippen LogP contribution in [-0.2, 0) is 0 Å². The zero-order valence-corrected chi connectivity index (χ0v) is 10.1. The molecule has 0 saturated carbocycles. The summed E-state index contributed by atoms with van der Waals surface area (Å²) in [4.78, 5) is 11.8. The number of hydrogen-bond acceptors (Lipinski definition) is 2. The van der Waals surface area contributed by atoms with Crippen LogP contribution in [0.4, 0.5) is 4.39 Å². The van der Waals surface area contributed by atoms with E-state index in [-0.39, 0.29) is 23.8 Å². The summed E-state index contributed by atoms with van der Waals surface area (Å²) >= 11 is 3.21. The highest BCUT2D eigenvalue weighted by atomic mass is 79.9. The van der Waals surface area contributed by atoms with Crippen molar-refractivity contribution in [2.45, 2.75) is 13.3 Å². The number of Topliss-reactive ketones (excluding diaryl/α,β-unsaturated/α-hetero) is 1. The SMILES string of the molecule is CCC(CN)C(=O)c1cc(Br)ccc1F. The molecule has 0 aromatic heterocycles. The third-order valence-electron chi connectivity index (χ3n) is 2.34. The monoisotopic (exact) mass is 273 g/mol. The van der Waals surface area contributed by atoms with Crippen LogP contribution in [0.2, 0.25) is 0 Å². The zero-order chi connectivity index (χ0) is 11.4. The van der Waals surface area contributed by atoms with Gasteiger partial charge in [0.1, 0.15) is 5.82 Å². The van der Waals surface area contributed by atoms with Gasteiger partial charge in [-0.15, -0.1) is 0 Å². The van der Waals surface area contributed by atoms with E-state index in [9.17, 15) is 9.18 Å². The van der Waals surface area contributed by atoms with Crippen molar-refractivity contribution < 1.29 is 9.18 Å². The molecule has 0 spiro atoms. The highest BCUT2D eigenvalue weighted by Crippen LogP contribution is 2.19. The Balaban J connectivity index is 3.04. The van der Waals surface area contributed by atoms with Gasteiger partial charge in [0.25, 0.3) is 0 Å². The van der Waals surface area contributed by atoms with Gasteiger partial charge in [0.05, 0.1) is 5.56 Å². The maximum Gasteiger partial charge on any atom is 0.170 e. The standard InChI is InChI=1S/C11H13BrFNO/c1-2-7(6-14)11(15)9-5-8(12)3-4-10(9)13/h3-5,7H,2,6,14H2,1H3. The van der Waals surface area contributed by atoms with Crippen molar-refractivity contribution in [1.82, 2.24) is 0 Å². The lowest BCUT2D eigenvalue weighted by atomic mass is 9.95. The Labute approximate surface area is 96.8 Å². The average Bonchev–Trinajstić information content (AvgIpc) is 2.23. The molecule has 82 valence electrons. The van der Waals surface area contributed by atoms with E-state index in [0.717, 1.165) is 0 Å². The number of hydrogen-bond donors (Lipinski definition) is 1. The van der Waals surface area contributed by atoms with Crippen LogP contribution in [0.15, 0.2) is 22.7 Å². The van der Waals surface area contributed by atoms with E-state index in [1.54, 1.807) is 6.07 Å². The number of benzene rings is 1. The van der Waals surface area contributed by atoms with Gasteiger partial charge < -0.3 is 5.73 Å². The van der Waals surface area contributed by atoms with E-state index >= 15 is 0 Å².